The summed E-state index contributed by atoms with van der Waals surface area (Å²) in [6.07, 6.45) is 0. The summed E-state index contributed by atoms with van der Waals surface area (Å²) in [5.41, 5.74) is 3.15. The van der Waals surface area contributed by atoms with E-state index in [2.05, 4.69) is 15.9 Å². The zero-order valence-electron chi connectivity index (χ0n) is 20.6. The van der Waals surface area contributed by atoms with Gasteiger partial charge in [0.15, 0.2) is 0 Å². The Balaban J connectivity index is 1.70. The number of aliphatic hydroxyl groups excluding tert-OH is 1. The van der Waals surface area contributed by atoms with Crippen molar-refractivity contribution < 1.29 is 19.4 Å². The van der Waals surface area contributed by atoms with E-state index in [1.54, 1.807) is 17.0 Å². The number of aryl methyl sites for hydroxylation is 1. The summed E-state index contributed by atoms with van der Waals surface area (Å²) < 4.78 is 6.80. The minimum atomic E-state index is -0.678. The van der Waals surface area contributed by atoms with Gasteiger partial charge in [0, 0.05) is 23.1 Å². The van der Waals surface area contributed by atoms with E-state index < -0.39 is 17.7 Å². The molecule has 1 heterocycles. The van der Waals surface area contributed by atoms with Crippen LogP contribution in [0.5, 0.6) is 5.75 Å². The number of likely N-dealkylation sites (tertiary alicyclic amines) is 1. The summed E-state index contributed by atoms with van der Waals surface area (Å²) >= 11 is 3.44. The smallest absolute Gasteiger partial charge is 0.295 e. The van der Waals surface area contributed by atoms with Gasteiger partial charge in [0.05, 0.1) is 11.6 Å². The van der Waals surface area contributed by atoms with Crippen molar-refractivity contribution in [2.24, 2.45) is 0 Å². The largest absolute Gasteiger partial charge is 0.507 e. The Kier molecular flexibility index (Phi) is 7.91. The van der Waals surface area contributed by atoms with E-state index >= 15 is 0 Å². The van der Waals surface area contributed by atoms with Crippen molar-refractivity contribution in [1.29, 1.82) is 0 Å². The molecule has 3 aromatic rings. The van der Waals surface area contributed by atoms with E-state index in [1.807, 2.05) is 86.6 Å². The van der Waals surface area contributed by atoms with Gasteiger partial charge in [-0.15, -0.1) is 0 Å². The second-order valence-corrected chi connectivity index (χ2v) is 10.0. The van der Waals surface area contributed by atoms with Crippen molar-refractivity contribution in [2.75, 3.05) is 27.2 Å². The summed E-state index contributed by atoms with van der Waals surface area (Å²) in [7, 11) is 3.83. The first-order valence-electron chi connectivity index (χ1n) is 11.7. The maximum atomic E-state index is 13.2. The molecule has 3 aromatic carbocycles. The van der Waals surface area contributed by atoms with Crippen LogP contribution in [0, 0.1) is 6.92 Å². The third-order valence-electron chi connectivity index (χ3n) is 6.22. The standard InChI is InChI=1S/C29H29BrN2O4/c1-19-17-23(36-18-20-7-5-4-6-8-20)13-14-24(19)27(33)25-26(21-9-11-22(30)12-10-21)32(16-15-31(2)3)29(35)28(25)34/h4-14,17,26,33H,15-16,18H2,1-3H3/b27-25+/t26-/m1/s1. The molecule has 1 aliphatic heterocycles. The van der Waals surface area contributed by atoms with Gasteiger partial charge in [-0.2, -0.15) is 0 Å². The number of hydrogen-bond donors (Lipinski definition) is 1. The van der Waals surface area contributed by atoms with Crippen LogP contribution >= 0.6 is 15.9 Å². The first kappa shape index (κ1) is 25.7. The van der Waals surface area contributed by atoms with Gasteiger partial charge < -0.3 is 19.6 Å². The lowest BCUT2D eigenvalue weighted by Crippen LogP contribution is -2.35. The Hall–Kier alpha value is -3.42. The van der Waals surface area contributed by atoms with Crippen LogP contribution in [0.1, 0.15) is 28.3 Å². The number of likely N-dealkylation sites (N-methyl/N-ethyl adjacent to an activating group) is 1. The van der Waals surface area contributed by atoms with E-state index in [9.17, 15) is 14.7 Å². The fourth-order valence-electron chi connectivity index (χ4n) is 4.29. The Morgan fingerprint density at radius 2 is 1.72 bits per heavy atom. The van der Waals surface area contributed by atoms with Crippen molar-refractivity contribution >= 4 is 33.4 Å². The van der Waals surface area contributed by atoms with Crippen molar-refractivity contribution in [2.45, 2.75) is 19.6 Å². The number of benzene rings is 3. The van der Waals surface area contributed by atoms with Crippen LogP contribution in [0.3, 0.4) is 0 Å². The zero-order valence-corrected chi connectivity index (χ0v) is 22.2. The molecule has 4 rings (SSSR count). The summed E-state index contributed by atoms with van der Waals surface area (Å²) in [6.45, 7) is 3.22. The number of halogens is 1. The Bertz CT molecular complexity index is 1290. The predicted octanol–water partition coefficient (Wildman–Crippen LogP) is 5.32. The highest BCUT2D eigenvalue weighted by atomic mass is 79.9. The van der Waals surface area contributed by atoms with E-state index in [-0.39, 0.29) is 11.3 Å². The quantitative estimate of drug-likeness (QED) is 0.234. The topological polar surface area (TPSA) is 70.1 Å². The number of Topliss-reactive ketones (excluding diaryl/α,β-unsaturated/α-hetero) is 1. The number of rotatable bonds is 8. The summed E-state index contributed by atoms with van der Waals surface area (Å²) in [5, 5.41) is 11.4. The van der Waals surface area contributed by atoms with Gasteiger partial charge in [-0.25, -0.2) is 0 Å². The molecule has 0 radical (unpaired) electrons. The van der Waals surface area contributed by atoms with Crippen molar-refractivity contribution in [3.05, 3.63) is 105 Å². The SMILES string of the molecule is Cc1cc(OCc2ccccc2)ccc1/C(O)=C1\C(=O)C(=O)N(CCN(C)C)[C@@H]1c1ccc(Br)cc1. The predicted molar refractivity (Wildman–Crippen MR) is 144 cm³/mol. The average Bonchev–Trinajstić information content (AvgIpc) is 3.12. The highest BCUT2D eigenvalue weighted by Crippen LogP contribution is 2.40. The monoisotopic (exact) mass is 548 g/mol. The number of carbonyl (C=O) groups is 2. The molecule has 0 unspecified atom stereocenters. The number of hydrogen-bond acceptors (Lipinski definition) is 5. The molecule has 1 saturated heterocycles. The van der Waals surface area contributed by atoms with E-state index in [1.165, 1.54) is 0 Å². The summed E-state index contributed by atoms with van der Waals surface area (Å²) in [4.78, 5) is 29.8. The van der Waals surface area contributed by atoms with Crippen LogP contribution in [0.25, 0.3) is 5.76 Å². The third kappa shape index (κ3) is 5.53. The Morgan fingerprint density at radius 1 is 1.03 bits per heavy atom. The molecule has 0 saturated carbocycles. The maximum Gasteiger partial charge on any atom is 0.295 e. The second kappa shape index (κ2) is 11.1. The normalized spacial score (nSPS) is 17.1. The minimum absolute atomic E-state index is 0.0992. The molecule has 0 bridgehead atoms. The van der Waals surface area contributed by atoms with Crippen LogP contribution in [-0.4, -0.2) is 53.8 Å². The second-order valence-electron chi connectivity index (χ2n) is 9.10. The Labute approximate surface area is 219 Å². The molecule has 1 fully saturated rings. The van der Waals surface area contributed by atoms with Gasteiger partial charge in [0.25, 0.3) is 11.7 Å². The molecule has 186 valence electrons. The van der Waals surface area contributed by atoms with Crippen LogP contribution in [-0.2, 0) is 16.2 Å². The first-order valence-corrected chi connectivity index (χ1v) is 12.5. The molecule has 0 spiro atoms. The fourth-order valence-corrected chi connectivity index (χ4v) is 4.55. The molecule has 0 aliphatic carbocycles. The lowest BCUT2D eigenvalue weighted by Gasteiger charge is -2.26. The number of carbonyl (C=O) groups excluding carboxylic acids is 2. The minimum Gasteiger partial charge on any atom is -0.507 e. The summed E-state index contributed by atoms with van der Waals surface area (Å²) in [5.74, 6) is -0.806. The molecule has 6 nitrogen and oxygen atoms in total. The van der Waals surface area contributed by atoms with Crippen LogP contribution in [0.15, 0.2) is 82.8 Å². The van der Waals surface area contributed by atoms with Crippen LogP contribution in [0.2, 0.25) is 0 Å². The molecular formula is C29H29BrN2O4. The molecule has 1 atom stereocenters. The number of ketones is 1. The third-order valence-corrected chi connectivity index (χ3v) is 6.74. The van der Waals surface area contributed by atoms with Gasteiger partial charge >= 0.3 is 0 Å². The highest BCUT2D eigenvalue weighted by Gasteiger charge is 2.46. The molecule has 1 aliphatic rings. The maximum absolute atomic E-state index is 13.2. The molecule has 1 amide bonds. The first-order chi connectivity index (χ1) is 17.3. The molecule has 7 heteroatoms. The zero-order chi connectivity index (χ0) is 25.8. The summed E-state index contributed by atoms with van der Waals surface area (Å²) in [6, 6.07) is 22.0. The molecule has 36 heavy (non-hydrogen) atoms. The number of aliphatic hydroxyl groups is 1. The van der Waals surface area contributed by atoms with Crippen molar-refractivity contribution in [1.82, 2.24) is 9.80 Å². The fraction of sp³-hybridized carbons (Fsp3) is 0.241. The van der Waals surface area contributed by atoms with Crippen molar-refractivity contribution in [3.63, 3.8) is 0 Å². The number of ether oxygens (including phenoxy) is 1. The van der Waals surface area contributed by atoms with E-state index in [0.29, 0.717) is 31.0 Å². The lowest BCUT2D eigenvalue weighted by atomic mass is 9.94. The number of amides is 1. The average molecular weight is 549 g/mol. The van der Waals surface area contributed by atoms with Crippen molar-refractivity contribution in [3.8, 4) is 5.75 Å². The van der Waals surface area contributed by atoms with Crippen LogP contribution in [0.4, 0.5) is 0 Å². The van der Waals surface area contributed by atoms with Crippen LogP contribution < -0.4 is 4.74 Å². The molecular weight excluding hydrogens is 520 g/mol. The lowest BCUT2D eigenvalue weighted by molar-refractivity contribution is -0.140. The van der Waals surface area contributed by atoms with Gasteiger partial charge in [-0.1, -0.05) is 58.4 Å². The number of nitrogens with zero attached hydrogens (tertiary/aromatic N) is 2. The van der Waals surface area contributed by atoms with Gasteiger partial charge in [-0.05, 0) is 68.0 Å². The molecule has 1 N–H and O–H groups in total. The molecule has 0 aromatic heterocycles. The van der Waals surface area contributed by atoms with E-state index in [4.69, 9.17) is 4.74 Å². The van der Waals surface area contributed by atoms with Gasteiger partial charge in [0.1, 0.15) is 18.1 Å². The Morgan fingerprint density at radius 3 is 2.36 bits per heavy atom. The van der Waals surface area contributed by atoms with Gasteiger partial charge in [-0.3, -0.25) is 9.59 Å². The van der Waals surface area contributed by atoms with Gasteiger partial charge in [0.2, 0.25) is 0 Å². The van der Waals surface area contributed by atoms with E-state index in [0.717, 1.165) is 21.2 Å². The highest BCUT2D eigenvalue weighted by molar-refractivity contribution is 9.10.